The zero-order valence-electron chi connectivity index (χ0n) is 18.7. The summed E-state index contributed by atoms with van der Waals surface area (Å²) in [5.74, 6) is 0. The van der Waals surface area contributed by atoms with Gasteiger partial charge in [0.25, 0.3) is 0 Å². The van der Waals surface area contributed by atoms with E-state index in [1.807, 2.05) is 24.5 Å². The van der Waals surface area contributed by atoms with Gasteiger partial charge in [-0.15, -0.1) is 0 Å². The quantitative estimate of drug-likeness (QED) is 0.499. The lowest BCUT2D eigenvalue weighted by Gasteiger charge is -2.27. The van der Waals surface area contributed by atoms with Crippen molar-refractivity contribution >= 4 is 11.0 Å². The van der Waals surface area contributed by atoms with Crippen molar-refractivity contribution in [3.8, 4) is 16.8 Å². The van der Waals surface area contributed by atoms with Gasteiger partial charge in [0.15, 0.2) is 0 Å². The molecule has 1 fully saturated rings. The van der Waals surface area contributed by atoms with Crippen LogP contribution in [0.4, 0.5) is 0 Å². The Morgan fingerprint density at radius 3 is 2.59 bits per heavy atom. The lowest BCUT2D eigenvalue weighted by molar-refractivity contribution is 0.0342. The van der Waals surface area contributed by atoms with Gasteiger partial charge in [-0.05, 0) is 60.4 Å². The van der Waals surface area contributed by atoms with Crippen molar-refractivity contribution in [3.63, 3.8) is 0 Å². The molecule has 0 spiro atoms. The predicted molar refractivity (Wildman–Crippen MR) is 128 cm³/mol. The highest BCUT2D eigenvalue weighted by atomic mass is 16.5. The molecule has 2 heterocycles. The molecule has 1 aliphatic heterocycles. The molecule has 5 nitrogen and oxygen atoms in total. The number of fused-ring (bicyclic) bond motifs is 1. The number of hydrogen-bond donors (Lipinski definition) is 1. The highest BCUT2D eigenvalue weighted by Gasteiger charge is 2.18. The van der Waals surface area contributed by atoms with Crippen LogP contribution in [-0.4, -0.2) is 45.9 Å². The molecule has 1 N–H and O–H groups in total. The van der Waals surface area contributed by atoms with Crippen LogP contribution < -0.4 is 0 Å². The first-order valence-electron chi connectivity index (χ1n) is 11.2. The molecule has 0 saturated carbocycles. The van der Waals surface area contributed by atoms with Gasteiger partial charge in [-0.3, -0.25) is 9.47 Å². The van der Waals surface area contributed by atoms with E-state index in [9.17, 15) is 5.11 Å². The van der Waals surface area contributed by atoms with Gasteiger partial charge in [0, 0.05) is 25.3 Å². The normalized spacial score (nSPS) is 15.3. The van der Waals surface area contributed by atoms with Crippen LogP contribution in [0.2, 0.25) is 0 Å². The highest BCUT2D eigenvalue weighted by Crippen LogP contribution is 2.29. The fourth-order valence-electron chi connectivity index (χ4n) is 4.36. The van der Waals surface area contributed by atoms with E-state index < -0.39 is 5.60 Å². The van der Waals surface area contributed by atoms with Crippen LogP contribution in [-0.2, 0) is 16.9 Å². The summed E-state index contributed by atoms with van der Waals surface area (Å²) in [5, 5.41) is 10.3. The number of aromatic nitrogens is 2. The number of nitrogens with zero attached hydrogens (tertiary/aromatic N) is 3. The van der Waals surface area contributed by atoms with Gasteiger partial charge >= 0.3 is 0 Å². The Morgan fingerprint density at radius 1 is 0.969 bits per heavy atom. The van der Waals surface area contributed by atoms with Crippen LogP contribution >= 0.6 is 0 Å². The third kappa shape index (κ3) is 4.19. The van der Waals surface area contributed by atoms with E-state index in [-0.39, 0.29) is 0 Å². The number of imidazole rings is 1. The first-order valence-corrected chi connectivity index (χ1v) is 11.2. The molecule has 3 aromatic carbocycles. The predicted octanol–water partition coefficient (Wildman–Crippen LogP) is 4.75. The zero-order chi connectivity index (χ0) is 22.1. The van der Waals surface area contributed by atoms with Gasteiger partial charge in [-0.25, -0.2) is 4.98 Å². The lowest BCUT2D eigenvalue weighted by atomic mass is 9.98. The maximum Gasteiger partial charge on any atom is 0.100 e. The first-order chi connectivity index (χ1) is 15.5. The van der Waals surface area contributed by atoms with E-state index in [1.165, 1.54) is 16.7 Å². The van der Waals surface area contributed by atoms with E-state index in [0.717, 1.165) is 55.1 Å². The summed E-state index contributed by atoms with van der Waals surface area (Å²) in [6.45, 7) is 8.08. The molecule has 0 radical (unpaired) electrons. The second kappa shape index (κ2) is 8.51. The number of hydrogen-bond acceptors (Lipinski definition) is 4. The Labute approximate surface area is 188 Å². The Hall–Kier alpha value is -2.99. The van der Waals surface area contributed by atoms with Crippen LogP contribution in [0.25, 0.3) is 27.8 Å². The smallest absolute Gasteiger partial charge is 0.100 e. The van der Waals surface area contributed by atoms with E-state index in [1.54, 1.807) is 13.8 Å². The van der Waals surface area contributed by atoms with Crippen molar-refractivity contribution in [1.29, 1.82) is 0 Å². The van der Waals surface area contributed by atoms with Crippen molar-refractivity contribution in [1.82, 2.24) is 14.5 Å². The third-order valence-electron chi connectivity index (χ3n) is 6.20. The Kier molecular flexibility index (Phi) is 5.55. The van der Waals surface area contributed by atoms with Crippen LogP contribution in [0.1, 0.15) is 25.0 Å². The molecule has 164 valence electrons. The van der Waals surface area contributed by atoms with Crippen molar-refractivity contribution in [2.45, 2.75) is 26.0 Å². The zero-order valence-corrected chi connectivity index (χ0v) is 18.7. The van der Waals surface area contributed by atoms with Crippen molar-refractivity contribution < 1.29 is 9.84 Å². The van der Waals surface area contributed by atoms with Crippen molar-refractivity contribution in [2.75, 3.05) is 26.3 Å². The molecule has 0 bridgehead atoms. The van der Waals surface area contributed by atoms with Crippen molar-refractivity contribution in [3.05, 3.63) is 84.2 Å². The average molecular weight is 428 g/mol. The number of rotatable bonds is 5. The van der Waals surface area contributed by atoms with Gasteiger partial charge in [0.05, 0.1) is 29.8 Å². The molecular formula is C27H29N3O2. The van der Waals surface area contributed by atoms with Gasteiger partial charge in [0.2, 0.25) is 0 Å². The molecule has 4 aromatic rings. The largest absolute Gasteiger partial charge is 0.386 e. The molecule has 5 heteroatoms. The fourth-order valence-corrected chi connectivity index (χ4v) is 4.36. The summed E-state index contributed by atoms with van der Waals surface area (Å²) < 4.78 is 7.61. The molecule has 5 rings (SSSR count). The number of ether oxygens (including phenoxy) is 1. The Balaban J connectivity index is 1.50. The SMILES string of the molecule is CC(C)(O)c1ccc2c(c1)ncn2-c1cccc(-c2ccccc2CN2CCOCC2)c1. The van der Waals surface area contributed by atoms with Crippen LogP contribution in [0, 0.1) is 0 Å². The second-order valence-electron chi connectivity index (χ2n) is 8.97. The van der Waals surface area contributed by atoms with Gasteiger partial charge < -0.3 is 9.84 Å². The van der Waals surface area contributed by atoms with Crippen LogP contribution in [0.3, 0.4) is 0 Å². The highest BCUT2D eigenvalue weighted by molar-refractivity contribution is 5.79. The lowest BCUT2D eigenvalue weighted by Crippen LogP contribution is -2.35. The van der Waals surface area contributed by atoms with E-state index in [0.29, 0.717) is 0 Å². The summed E-state index contributed by atoms with van der Waals surface area (Å²) in [6.07, 6.45) is 1.86. The first kappa shape index (κ1) is 20.9. The molecular weight excluding hydrogens is 398 g/mol. The van der Waals surface area contributed by atoms with Gasteiger partial charge in [-0.2, -0.15) is 0 Å². The fraction of sp³-hybridized carbons (Fsp3) is 0.296. The Bertz CT molecular complexity index is 1230. The van der Waals surface area contributed by atoms with E-state index >= 15 is 0 Å². The molecule has 32 heavy (non-hydrogen) atoms. The minimum Gasteiger partial charge on any atom is -0.386 e. The average Bonchev–Trinajstić information content (AvgIpc) is 3.23. The monoisotopic (exact) mass is 427 g/mol. The minimum atomic E-state index is -0.887. The third-order valence-corrected chi connectivity index (χ3v) is 6.20. The Morgan fingerprint density at radius 2 is 1.78 bits per heavy atom. The van der Waals surface area contributed by atoms with E-state index in [4.69, 9.17) is 4.74 Å². The maximum absolute atomic E-state index is 10.3. The summed E-state index contributed by atoms with van der Waals surface area (Å²) >= 11 is 0. The summed E-state index contributed by atoms with van der Waals surface area (Å²) in [6, 6.07) is 23.2. The number of benzene rings is 3. The maximum atomic E-state index is 10.3. The topological polar surface area (TPSA) is 50.5 Å². The molecule has 1 aliphatic rings. The number of aliphatic hydroxyl groups is 1. The number of morpholine rings is 1. The summed E-state index contributed by atoms with van der Waals surface area (Å²) in [7, 11) is 0. The van der Waals surface area contributed by atoms with Gasteiger partial charge in [-0.1, -0.05) is 42.5 Å². The van der Waals surface area contributed by atoms with Crippen LogP contribution in [0.15, 0.2) is 73.1 Å². The van der Waals surface area contributed by atoms with E-state index in [2.05, 4.69) is 63.0 Å². The molecule has 1 saturated heterocycles. The molecule has 0 unspecified atom stereocenters. The second-order valence-corrected chi connectivity index (χ2v) is 8.97. The summed E-state index contributed by atoms with van der Waals surface area (Å²) in [5.41, 5.74) is 6.73. The molecule has 0 amide bonds. The molecule has 1 aromatic heterocycles. The minimum absolute atomic E-state index is 0.806. The van der Waals surface area contributed by atoms with Crippen LogP contribution in [0.5, 0.6) is 0 Å². The molecule has 0 atom stereocenters. The summed E-state index contributed by atoms with van der Waals surface area (Å²) in [4.78, 5) is 7.05. The van der Waals surface area contributed by atoms with Gasteiger partial charge in [0.1, 0.15) is 6.33 Å². The molecule has 0 aliphatic carbocycles. The van der Waals surface area contributed by atoms with Crippen molar-refractivity contribution in [2.24, 2.45) is 0 Å². The standard InChI is InChI=1S/C27H29N3O2/c1-27(2,31)22-10-11-26-25(17-22)28-19-30(26)23-8-5-7-20(16-23)24-9-4-3-6-21(24)18-29-12-14-32-15-13-29/h3-11,16-17,19,31H,12-15,18H2,1-2H3.